The van der Waals surface area contributed by atoms with Crippen LogP contribution in [0.5, 0.6) is 5.75 Å². The van der Waals surface area contributed by atoms with Gasteiger partial charge in [0.1, 0.15) is 5.75 Å². The number of anilines is 1. The molecule has 2 aromatic carbocycles. The molecule has 2 amide bonds. The van der Waals surface area contributed by atoms with Gasteiger partial charge in [-0.15, -0.1) is 0 Å². The number of ether oxygens (including phenoxy) is 1. The maximum absolute atomic E-state index is 12.8. The molecule has 1 heterocycles. The fraction of sp³-hybridized carbons (Fsp3) is 0.391. The summed E-state index contributed by atoms with van der Waals surface area (Å²) >= 11 is 0. The Morgan fingerprint density at radius 3 is 2.43 bits per heavy atom. The molecule has 1 aliphatic heterocycles. The number of nitrogens with zero attached hydrogens (tertiary/aromatic N) is 1. The summed E-state index contributed by atoms with van der Waals surface area (Å²) in [6.45, 7) is 5.51. The maximum Gasteiger partial charge on any atom is 0.260 e. The fourth-order valence-electron chi connectivity index (χ4n) is 3.47. The number of carbonyl (C=O) groups is 2. The SMILES string of the molecule is Cc1ccc(NC(=O)c2ccccc2OCC(=O)N2CCCCCC2)c(C)c1. The molecule has 5 nitrogen and oxygen atoms in total. The minimum Gasteiger partial charge on any atom is -0.483 e. The summed E-state index contributed by atoms with van der Waals surface area (Å²) < 4.78 is 5.75. The Morgan fingerprint density at radius 2 is 1.71 bits per heavy atom. The van der Waals surface area contributed by atoms with E-state index in [0.717, 1.165) is 42.7 Å². The molecule has 1 fully saturated rings. The standard InChI is InChI=1S/C23H28N2O3/c1-17-11-12-20(18(2)15-17)24-23(27)19-9-5-6-10-21(19)28-16-22(26)25-13-7-3-4-8-14-25/h5-6,9-12,15H,3-4,7-8,13-14,16H2,1-2H3,(H,24,27). The van der Waals surface area contributed by atoms with Crippen molar-refractivity contribution in [3.8, 4) is 5.75 Å². The zero-order valence-corrected chi connectivity index (χ0v) is 16.7. The Hall–Kier alpha value is -2.82. The van der Waals surface area contributed by atoms with E-state index in [4.69, 9.17) is 4.74 Å². The van der Waals surface area contributed by atoms with Crippen LogP contribution in [-0.2, 0) is 4.79 Å². The summed E-state index contributed by atoms with van der Waals surface area (Å²) in [5, 5.41) is 2.94. The molecule has 1 saturated heterocycles. The maximum atomic E-state index is 12.8. The van der Waals surface area contributed by atoms with Gasteiger partial charge >= 0.3 is 0 Å². The molecule has 0 saturated carbocycles. The number of benzene rings is 2. The molecule has 0 atom stereocenters. The molecule has 0 aromatic heterocycles. The van der Waals surface area contributed by atoms with Crippen LogP contribution in [0.2, 0.25) is 0 Å². The average molecular weight is 380 g/mol. The highest BCUT2D eigenvalue weighted by Crippen LogP contribution is 2.22. The molecular formula is C23H28N2O3. The Balaban J connectivity index is 1.66. The predicted octanol–water partition coefficient (Wildman–Crippen LogP) is 4.34. The Morgan fingerprint density at radius 1 is 1.00 bits per heavy atom. The third kappa shape index (κ3) is 5.12. The van der Waals surface area contributed by atoms with Crippen LogP contribution in [0, 0.1) is 13.8 Å². The predicted molar refractivity (Wildman–Crippen MR) is 111 cm³/mol. The molecule has 0 radical (unpaired) electrons. The van der Waals surface area contributed by atoms with Crippen LogP contribution in [-0.4, -0.2) is 36.4 Å². The van der Waals surface area contributed by atoms with E-state index >= 15 is 0 Å². The number of nitrogens with one attached hydrogen (secondary N) is 1. The van der Waals surface area contributed by atoms with Gasteiger partial charge in [-0.25, -0.2) is 0 Å². The smallest absolute Gasteiger partial charge is 0.260 e. The lowest BCUT2D eigenvalue weighted by Crippen LogP contribution is -2.35. The Labute approximate surface area is 166 Å². The zero-order valence-electron chi connectivity index (χ0n) is 16.7. The third-order valence-corrected chi connectivity index (χ3v) is 5.07. The number of aryl methyl sites for hydroxylation is 2. The van der Waals surface area contributed by atoms with Crippen LogP contribution in [0.3, 0.4) is 0 Å². The minimum absolute atomic E-state index is 0.0218. The number of carbonyl (C=O) groups excluding carboxylic acids is 2. The van der Waals surface area contributed by atoms with Crippen LogP contribution in [0.4, 0.5) is 5.69 Å². The zero-order chi connectivity index (χ0) is 19.9. The van der Waals surface area contributed by atoms with Crippen molar-refractivity contribution in [2.75, 3.05) is 25.0 Å². The largest absolute Gasteiger partial charge is 0.483 e. The first-order chi connectivity index (χ1) is 13.5. The van der Waals surface area contributed by atoms with Gasteiger partial charge in [0.2, 0.25) is 0 Å². The van der Waals surface area contributed by atoms with Crippen LogP contribution >= 0.6 is 0 Å². The van der Waals surface area contributed by atoms with Crippen LogP contribution in [0.1, 0.15) is 47.2 Å². The number of likely N-dealkylation sites (tertiary alicyclic amines) is 1. The van der Waals surface area contributed by atoms with E-state index in [1.165, 1.54) is 12.8 Å². The molecule has 2 aromatic rings. The second-order valence-corrected chi connectivity index (χ2v) is 7.35. The molecule has 0 spiro atoms. The van der Waals surface area contributed by atoms with E-state index < -0.39 is 0 Å². The summed E-state index contributed by atoms with van der Waals surface area (Å²) in [4.78, 5) is 27.1. The topological polar surface area (TPSA) is 58.6 Å². The monoisotopic (exact) mass is 380 g/mol. The quantitative estimate of drug-likeness (QED) is 0.840. The lowest BCUT2D eigenvalue weighted by molar-refractivity contribution is -0.133. The lowest BCUT2D eigenvalue weighted by Gasteiger charge is -2.20. The number of rotatable bonds is 5. The molecule has 3 rings (SSSR count). The molecule has 1 N–H and O–H groups in total. The van der Waals surface area contributed by atoms with Gasteiger partial charge in [-0.05, 0) is 50.5 Å². The van der Waals surface area contributed by atoms with Gasteiger partial charge in [0.15, 0.2) is 6.61 Å². The van der Waals surface area contributed by atoms with Gasteiger partial charge in [0, 0.05) is 18.8 Å². The third-order valence-electron chi connectivity index (χ3n) is 5.07. The number of amides is 2. The van der Waals surface area contributed by atoms with E-state index in [1.54, 1.807) is 24.3 Å². The Bertz CT molecular complexity index is 839. The molecule has 0 unspecified atom stereocenters. The van der Waals surface area contributed by atoms with Gasteiger partial charge in [0.25, 0.3) is 11.8 Å². The summed E-state index contributed by atoms with van der Waals surface area (Å²) in [7, 11) is 0. The van der Waals surface area contributed by atoms with Gasteiger partial charge in [0.05, 0.1) is 5.56 Å². The van der Waals surface area contributed by atoms with Crippen molar-refractivity contribution in [2.45, 2.75) is 39.5 Å². The molecule has 5 heteroatoms. The summed E-state index contributed by atoms with van der Waals surface area (Å²) in [5.41, 5.74) is 3.34. The second kappa shape index (κ2) is 9.40. The van der Waals surface area contributed by atoms with Crippen molar-refractivity contribution in [3.63, 3.8) is 0 Å². The van der Waals surface area contributed by atoms with Crippen LogP contribution in [0.25, 0.3) is 0 Å². The van der Waals surface area contributed by atoms with Crippen molar-refractivity contribution in [2.24, 2.45) is 0 Å². The minimum atomic E-state index is -0.246. The van der Waals surface area contributed by atoms with Gasteiger partial charge in [-0.2, -0.15) is 0 Å². The number of hydrogen-bond acceptors (Lipinski definition) is 3. The van der Waals surface area contributed by atoms with Crippen LogP contribution in [0.15, 0.2) is 42.5 Å². The molecule has 1 aliphatic rings. The molecule has 148 valence electrons. The summed E-state index contributed by atoms with van der Waals surface area (Å²) in [5.74, 6) is 0.157. The molecule has 28 heavy (non-hydrogen) atoms. The van der Waals surface area contributed by atoms with Gasteiger partial charge < -0.3 is 15.0 Å². The average Bonchev–Trinajstić information content (AvgIpc) is 2.98. The molecule has 0 bridgehead atoms. The van der Waals surface area contributed by atoms with Crippen molar-refractivity contribution in [1.29, 1.82) is 0 Å². The van der Waals surface area contributed by atoms with E-state index in [1.807, 2.05) is 36.9 Å². The molecule has 0 aliphatic carbocycles. The summed E-state index contributed by atoms with van der Waals surface area (Å²) in [6, 6.07) is 12.9. The highest BCUT2D eigenvalue weighted by molar-refractivity contribution is 6.06. The van der Waals surface area contributed by atoms with E-state index in [9.17, 15) is 9.59 Å². The van der Waals surface area contributed by atoms with Gasteiger partial charge in [-0.1, -0.05) is 42.7 Å². The number of para-hydroxylation sites is 1. The first-order valence-electron chi connectivity index (χ1n) is 9.93. The first-order valence-corrected chi connectivity index (χ1v) is 9.93. The van der Waals surface area contributed by atoms with Crippen molar-refractivity contribution < 1.29 is 14.3 Å². The Kier molecular flexibility index (Phi) is 6.69. The second-order valence-electron chi connectivity index (χ2n) is 7.35. The summed E-state index contributed by atoms with van der Waals surface area (Å²) in [6.07, 6.45) is 4.43. The highest BCUT2D eigenvalue weighted by Gasteiger charge is 2.18. The van der Waals surface area contributed by atoms with Crippen LogP contribution < -0.4 is 10.1 Å². The van der Waals surface area contributed by atoms with Crippen molar-refractivity contribution >= 4 is 17.5 Å². The van der Waals surface area contributed by atoms with Crippen molar-refractivity contribution in [1.82, 2.24) is 4.90 Å². The van der Waals surface area contributed by atoms with E-state index in [0.29, 0.717) is 11.3 Å². The molecular weight excluding hydrogens is 352 g/mol. The van der Waals surface area contributed by atoms with Gasteiger partial charge in [-0.3, -0.25) is 9.59 Å². The highest BCUT2D eigenvalue weighted by atomic mass is 16.5. The van der Waals surface area contributed by atoms with Crippen molar-refractivity contribution in [3.05, 3.63) is 59.2 Å². The van der Waals surface area contributed by atoms with E-state index in [2.05, 4.69) is 5.32 Å². The lowest BCUT2D eigenvalue weighted by atomic mass is 10.1. The normalized spacial score (nSPS) is 14.3. The van der Waals surface area contributed by atoms with E-state index in [-0.39, 0.29) is 18.4 Å². The first kappa shape index (κ1) is 19.9. The fourth-order valence-corrected chi connectivity index (χ4v) is 3.47. The number of hydrogen-bond donors (Lipinski definition) is 1.